The number of hydrogen-bond donors (Lipinski definition) is 1. The lowest BCUT2D eigenvalue weighted by molar-refractivity contribution is -0.132. The third-order valence-electron chi connectivity index (χ3n) is 4.38. The van der Waals surface area contributed by atoms with Gasteiger partial charge < -0.3 is 14.5 Å². The number of aromatic carboxylic acids is 1. The van der Waals surface area contributed by atoms with E-state index >= 15 is 0 Å². The zero-order valence-corrected chi connectivity index (χ0v) is 13.6. The highest BCUT2D eigenvalue weighted by atomic mass is 16.5. The molecule has 1 fully saturated rings. The van der Waals surface area contributed by atoms with Gasteiger partial charge in [0.1, 0.15) is 5.76 Å². The van der Waals surface area contributed by atoms with Gasteiger partial charge in [0.25, 0.3) is 0 Å². The fourth-order valence-electron chi connectivity index (χ4n) is 3.16. The van der Waals surface area contributed by atoms with Gasteiger partial charge in [-0.25, -0.2) is 4.79 Å². The molecule has 3 rings (SSSR count). The van der Waals surface area contributed by atoms with Gasteiger partial charge in [0.15, 0.2) is 0 Å². The fraction of sp³-hybridized carbons (Fsp3) is 0.389. The van der Waals surface area contributed by atoms with E-state index in [9.17, 15) is 9.59 Å². The van der Waals surface area contributed by atoms with Gasteiger partial charge in [-0.05, 0) is 37.5 Å². The first-order chi connectivity index (χ1) is 11.5. The van der Waals surface area contributed by atoms with Crippen molar-refractivity contribution in [3.05, 3.63) is 52.9 Å². The molecule has 1 aliphatic rings. The van der Waals surface area contributed by atoms with Crippen molar-refractivity contribution >= 4 is 11.9 Å². The first kappa shape index (κ1) is 16.2. The number of piperidine rings is 1. The van der Waals surface area contributed by atoms with Gasteiger partial charge >= 0.3 is 5.97 Å². The largest absolute Gasteiger partial charge is 0.478 e. The van der Waals surface area contributed by atoms with Crippen LogP contribution in [0.5, 0.6) is 0 Å². The first-order valence-corrected chi connectivity index (χ1v) is 8.06. The smallest absolute Gasteiger partial charge is 0.335 e. The second-order valence-corrected chi connectivity index (χ2v) is 6.22. The molecule has 0 radical (unpaired) electrons. The molecular weight excluding hydrogens is 308 g/mol. The summed E-state index contributed by atoms with van der Waals surface area (Å²) in [6.45, 7) is 3.15. The van der Waals surface area contributed by atoms with Crippen LogP contribution in [0.25, 0.3) is 0 Å². The molecule has 0 aliphatic carbocycles. The van der Waals surface area contributed by atoms with Crippen molar-refractivity contribution in [2.45, 2.75) is 32.1 Å². The highest BCUT2D eigenvalue weighted by Gasteiger charge is 2.26. The van der Waals surface area contributed by atoms with Crippen LogP contribution in [0, 0.1) is 6.92 Å². The second-order valence-electron chi connectivity index (χ2n) is 6.22. The summed E-state index contributed by atoms with van der Waals surface area (Å²) < 4.78 is 5.12. The average molecular weight is 328 g/mol. The van der Waals surface area contributed by atoms with Crippen molar-refractivity contribution in [2.24, 2.45) is 0 Å². The Bertz CT molecular complexity index is 753. The predicted octanol–water partition coefficient (Wildman–Crippen LogP) is 2.63. The van der Waals surface area contributed by atoms with Gasteiger partial charge in [-0.1, -0.05) is 17.3 Å². The van der Waals surface area contributed by atoms with Crippen LogP contribution in [0.2, 0.25) is 0 Å². The predicted molar refractivity (Wildman–Crippen MR) is 86.9 cm³/mol. The van der Waals surface area contributed by atoms with Crippen LogP contribution in [0.15, 0.2) is 34.9 Å². The van der Waals surface area contributed by atoms with Crippen molar-refractivity contribution in [1.82, 2.24) is 10.1 Å². The standard InChI is InChI=1S/C18H20N2O4/c1-12-8-16(24-19-12)10-17(21)20-7-3-6-15(11-20)13-4-2-5-14(9-13)18(22)23/h2,4-5,8-9,15H,3,6-7,10-11H2,1H3,(H,22,23). The zero-order valence-electron chi connectivity index (χ0n) is 13.6. The van der Waals surface area contributed by atoms with Crippen LogP contribution in [0.4, 0.5) is 0 Å². The summed E-state index contributed by atoms with van der Waals surface area (Å²) in [5.41, 5.74) is 2.02. The van der Waals surface area contributed by atoms with E-state index in [0.29, 0.717) is 12.3 Å². The summed E-state index contributed by atoms with van der Waals surface area (Å²) in [6.07, 6.45) is 2.07. The number of aromatic nitrogens is 1. The number of nitrogens with zero attached hydrogens (tertiary/aromatic N) is 2. The molecule has 1 saturated heterocycles. The molecule has 1 aromatic carbocycles. The summed E-state index contributed by atoms with van der Waals surface area (Å²) in [5.74, 6) is -0.169. The summed E-state index contributed by atoms with van der Waals surface area (Å²) in [4.78, 5) is 25.4. The minimum atomic E-state index is -0.929. The van der Waals surface area contributed by atoms with Crippen LogP contribution in [-0.4, -0.2) is 40.1 Å². The number of amides is 1. The number of aryl methyl sites for hydroxylation is 1. The number of carboxylic acids is 1. The van der Waals surface area contributed by atoms with E-state index in [1.54, 1.807) is 24.3 Å². The Kier molecular flexibility index (Phi) is 4.64. The SMILES string of the molecule is Cc1cc(CC(=O)N2CCCC(c3cccc(C(=O)O)c3)C2)on1. The van der Waals surface area contributed by atoms with E-state index in [-0.39, 0.29) is 23.8 Å². The topological polar surface area (TPSA) is 83.6 Å². The summed E-state index contributed by atoms with van der Waals surface area (Å²) in [6, 6.07) is 8.77. The molecule has 2 heterocycles. The lowest BCUT2D eigenvalue weighted by atomic mass is 9.89. The van der Waals surface area contributed by atoms with E-state index in [4.69, 9.17) is 9.63 Å². The van der Waals surface area contributed by atoms with Gasteiger partial charge in [-0.2, -0.15) is 0 Å². The minimum absolute atomic E-state index is 0.0187. The van der Waals surface area contributed by atoms with E-state index in [1.165, 1.54) is 0 Å². The molecule has 0 spiro atoms. The Morgan fingerprint density at radius 2 is 2.21 bits per heavy atom. The van der Waals surface area contributed by atoms with Crippen molar-refractivity contribution in [2.75, 3.05) is 13.1 Å². The molecule has 0 bridgehead atoms. The molecule has 1 unspecified atom stereocenters. The highest BCUT2D eigenvalue weighted by molar-refractivity contribution is 5.87. The highest BCUT2D eigenvalue weighted by Crippen LogP contribution is 2.28. The lowest BCUT2D eigenvalue weighted by Crippen LogP contribution is -2.39. The van der Waals surface area contributed by atoms with E-state index < -0.39 is 5.97 Å². The molecular formula is C18H20N2O4. The number of carboxylic acid groups (broad SMARTS) is 1. The monoisotopic (exact) mass is 328 g/mol. The third-order valence-corrected chi connectivity index (χ3v) is 4.38. The molecule has 1 amide bonds. The van der Waals surface area contributed by atoms with Crippen molar-refractivity contribution in [3.63, 3.8) is 0 Å². The number of carbonyl (C=O) groups is 2. The lowest BCUT2D eigenvalue weighted by Gasteiger charge is -2.33. The normalized spacial score (nSPS) is 17.7. The maximum Gasteiger partial charge on any atom is 0.335 e. The first-order valence-electron chi connectivity index (χ1n) is 8.06. The Hall–Kier alpha value is -2.63. The maximum atomic E-state index is 12.5. The Labute approximate surface area is 140 Å². The van der Waals surface area contributed by atoms with Crippen LogP contribution < -0.4 is 0 Å². The van der Waals surface area contributed by atoms with Crippen LogP contribution >= 0.6 is 0 Å². The zero-order chi connectivity index (χ0) is 17.1. The molecule has 24 heavy (non-hydrogen) atoms. The molecule has 0 saturated carbocycles. The second kappa shape index (κ2) is 6.86. The van der Waals surface area contributed by atoms with Gasteiger partial charge in [-0.15, -0.1) is 0 Å². The van der Waals surface area contributed by atoms with Gasteiger partial charge in [0.2, 0.25) is 5.91 Å². The van der Waals surface area contributed by atoms with E-state index in [1.807, 2.05) is 17.9 Å². The fourth-order valence-corrected chi connectivity index (χ4v) is 3.16. The number of rotatable bonds is 4. The molecule has 6 nitrogen and oxygen atoms in total. The average Bonchev–Trinajstić information content (AvgIpc) is 3.00. The molecule has 2 aromatic rings. The Morgan fingerprint density at radius 1 is 1.38 bits per heavy atom. The van der Waals surface area contributed by atoms with Gasteiger partial charge in [0.05, 0.1) is 17.7 Å². The Balaban J connectivity index is 1.68. The van der Waals surface area contributed by atoms with Crippen molar-refractivity contribution in [3.8, 4) is 0 Å². The summed E-state index contributed by atoms with van der Waals surface area (Å²) in [5, 5.41) is 12.9. The molecule has 126 valence electrons. The van der Waals surface area contributed by atoms with Crippen LogP contribution in [0.1, 0.15) is 46.1 Å². The van der Waals surface area contributed by atoms with Crippen molar-refractivity contribution in [1.29, 1.82) is 0 Å². The number of hydrogen-bond acceptors (Lipinski definition) is 4. The molecule has 1 atom stereocenters. The number of carbonyl (C=O) groups excluding carboxylic acids is 1. The van der Waals surface area contributed by atoms with Crippen LogP contribution in [0.3, 0.4) is 0 Å². The molecule has 1 aromatic heterocycles. The van der Waals surface area contributed by atoms with Crippen LogP contribution in [-0.2, 0) is 11.2 Å². The van der Waals surface area contributed by atoms with E-state index in [0.717, 1.165) is 30.6 Å². The third kappa shape index (κ3) is 3.64. The number of benzene rings is 1. The summed E-state index contributed by atoms with van der Waals surface area (Å²) >= 11 is 0. The molecule has 1 aliphatic heterocycles. The quantitative estimate of drug-likeness (QED) is 0.933. The maximum absolute atomic E-state index is 12.5. The molecule has 6 heteroatoms. The minimum Gasteiger partial charge on any atom is -0.478 e. The van der Waals surface area contributed by atoms with E-state index in [2.05, 4.69) is 5.16 Å². The van der Waals surface area contributed by atoms with Crippen molar-refractivity contribution < 1.29 is 19.2 Å². The van der Waals surface area contributed by atoms with Gasteiger partial charge in [0, 0.05) is 25.1 Å². The summed E-state index contributed by atoms with van der Waals surface area (Å²) in [7, 11) is 0. The number of likely N-dealkylation sites (tertiary alicyclic amines) is 1. The van der Waals surface area contributed by atoms with Gasteiger partial charge in [-0.3, -0.25) is 4.79 Å². The Morgan fingerprint density at radius 3 is 2.92 bits per heavy atom. The molecule has 1 N–H and O–H groups in total.